The minimum absolute atomic E-state index is 0.0213. The molecule has 3 aromatic rings. The summed E-state index contributed by atoms with van der Waals surface area (Å²) in [7, 11) is 0. The Morgan fingerprint density at radius 2 is 1.79 bits per heavy atom. The van der Waals surface area contributed by atoms with E-state index < -0.39 is 0 Å². The molecule has 0 saturated heterocycles. The molecule has 0 bridgehead atoms. The summed E-state index contributed by atoms with van der Waals surface area (Å²) < 4.78 is 1.97. The van der Waals surface area contributed by atoms with Crippen molar-refractivity contribution < 1.29 is 4.79 Å². The summed E-state index contributed by atoms with van der Waals surface area (Å²) in [6.45, 7) is 4.58. The van der Waals surface area contributed by atoms with Crippen LogP contribution in [0.4, 0.5) is 0 Å². The van der Waals surface area contributed by atoms with Crippen molar-refractivity contribution in [2.24, 2.45) is 5.10 Å². The van der Waals surface area contributed by atoms with Gasteiger partial charge in [0.2, 0.25) is 0 Å². The third-order valence-electron chi connectivity index (χ3n) is 4.61. The maximum atomic E-state index is 12.6. The molecule has 142 valence electrons. The largest absolute Gasteiger partial charge is 0.274 e. The van der Waals surface area contributed by atoms with Gasteiger partial charge in [-0.15, -0.1) is 10.2 Å². The maximum Gasteiger partial charge on any atom is 0.253 e. The Kier molecular flexibility index (Phi) is 5.25. The molecule has 0 aliphatic carbocycles. The van der Waals surface area contributed by atoms with Gasteiger partial charge >= 0.3 is 0 Å². The summed E-state index contributed by atoms with van der Waals surface area (Å²) in [5.41, 5.74) is 4.21. The molecule has 0 radical (unpaired) electrons. The molecule has 1 aliphatic rings. The number of aromatic nitrogens is 3. The zero-order chi connectivity index (χ0) is 19.5. The highest BCUT2D eigenvalue weighted by molar-refractivity contribution is 7.99. The highest BCUT2D eigenvalue weighted by Crippen LogP contribution is 2.23. The van der Waals surface area contributed by atoms with Crippen LogP contribution in [0, 0.1) is 13.8 Å². The van der Waals surface area contributed by atoms with Crippen molar-refractivity contribution in [3.8, 4) is 5.69 Å². The van der Waals surface area contributed by atoms with Crippen LogP contribution < -0.4 is 0 Å². The lowest BCUT2D eigenvalue weighted by Crippen LogP contribution is -2.25. The van der Waals surface area contributed by atoms with Crippen molar-refractivity contribution in [2.45, 2.75) is 25.4 Å². The van der Waals surface area contributed by atoms with E-state index >= 15 is 0 Å². The zero-order valence-electron chi connectivity index (χ0n) is 15.9. The molecule has 0 saturated carbocycles. The molecule has 0 N–H and O–H groups in total. The smallest absolute Gasteiger partial charge is 0.253 e. The number of hydrogen-bond donors (Lipinski definition) is 0. The van der Waals surface area contributed by atoms with Crippen molar-refractivity contribution in [2.75, 3.05) is 12.3 Å². The first-order valence-corrected chi connectivity index (χ1v) is 10.2. The number of aryl methyl sites for hydroxylation is 2. The van der Waals surface area contributed by atoms with Gasteiger partial charge in [-0.2, -0.15) is 5.10 Å². The predicted octanol–water partition coefficient (Wildman–Crippen LogP) is 3.61. The van der Waals surface area contributed by atoms with Crippen LogP contribution in [0.2, 0.25) is 0 Å². The van der Waals surface area contributed by atoms with Gasteiger partial charge in [-0.05, 0) is 31.5 Å². The molecule has 0 spiro atoms. The first-order chi connectivity index (χ1) is 13.6. The van der Waals surface area contributed by atoms with Crippen LogP contribution in [0.25, 0.3) is 5.69 Å². The lowest BCUT2D eigenvalue weighted by molar-refractivity contribution is -0.127. The van der Waals surface area contributed by atoms with E-state index in [-0.39, 0.29) is 11.7 Å². The van der Waals surface area contributed by atoms with Gasteiger partial charge in [0.05, 0.1) is 18.0 Å². The van der Waals surface area contributed by atoms with Crippen molar-refractivity contribution in [1.29, 1.82) is 0 Å². The number of carbonyl (C=O) groups excluding carboxylic acids is 1. The third kappa shape index (κ3) is 3.84. The molecule has 0 atom stereocenters. The Hall–Kier alpha value is -2.93. The average Bonchev–Trinajstić information content (AvgIpc) is 3.35. The van der Waals surface area contributed by atoms with Gasteiger partial charge in [-0.3, -0.25) is 9.36 Å². The fraction of sp³-hybridized carbons (Fsp3) is 0.238. The van der Waals surface area contributed by atoms with Crippen molar-refractivity contribution >= 4 is 23.4 Å². The summed E-state index contributed by atoms with van der Waals surface area (Å²) in [6, 6.07) is 18.2. The molecule has 7 heteroatoms. The maximum absolute atomic E-state index is 12.6. The molecular weight excluding hydrogens is 370 g/mol. The standard InChI is InChI=1S/C21H21N5OS/c1-15-8-10-18(11-9-15)26-16(2)22-23-21(26)28-14-20(27)25-13-12-19(24-25)17-6-4-3-5-7-17/h3-11H,12-14H2,1-2H3. The number of rotatable bonds is 5. The van der Waals surface area contributed by atoms with Crippen LogP contribution >= 0.6 is 11.8 Å². The second-order valence-electron chi connectivity index (χ2n) is 6.67. The summed E-state index contributed by atoms with van der Waals surface area (Å²) >= 11 is 1.39. The summed E-state index contributed by atoms with van der Waals surface area (Å²) in [6.07, 6.45) is 0.777. The molecular formula is C21H21N5OS. The predicted molar refractivity (Wildman–Crippen MR) is 111 cm³/mol. The lowest BCUT2D eigenvalue weighted by atomic mass is 10.1. The average molecular weight is 392 g/mol. The number of nitrogens with zero attached hydrogens (tertiary/aromatic N) is 5. The van der Waals surface area contributed by atoms with Gasteiger partial charge in [0, 0.05) is 12.1 Å². The fourth-order valence-corrected chi connectivity index (χ4v) is 3.97. The van der Waals surface area contributed by atoms with Crippen LogP contribution in [-0.4, -0.2) is 43.7 Å². The minimum atomic E-state index is -0.0213. The van der Waals surface area contributed by atoms with E-state index in [0.717, 1.165) is 29.2 Å². The molecule has 28 heavy (non-hydrogen) atoms. The molecule has 1 amide bonds. The van der Waals surface area contributed by atoms with E-state index in [1.54, 1.807) is 5.01 Å². The van der Waals surface area contributed by atoms with E-state index in [2.05, 4.69) is 34.4 Å². The molecule has 0 unspecified atom stereocenters. The molecule has 1 aromatic heterocycles. The first-order valence-electron chi connectivity index (χ1n) is 9.17. The van der Waals surface area contributed by atoms with E-state index in [4.69, 9.17) is 0 Å². The van der Waals surface area contributed by atoms with Crippen LogP contribution in [-0.2, 0) is 4.79 Å². The number of thioether (sulfide) groups is 1. The van der Waals surface area contributed by atoms with E-state index in [1.807, 2.05) is 54.0 Å². The van der Waals surface area contributed by atoms with Crippen molar-refractivity contribution in [3.63, 3.8) is 0 Å². The third-order valence-corrected chi connectivity index (χ3v) is 5.52. The van der Waals surface area contributed by atoms with E-state index in [1.165, 1.54) is 17.3 Å². The Morgan fingerprint density at radius 3 is 2.54 bits per heavy atom. The van der Waals surface area contributed by atoms with Crippen LogP contribution in [0.5, 0.6) is 0 Å². The highest BCUT2D eigenvalue weighted by Gasteiger charge is 2.22. The fourth-order valence-electron chi connectivity index (χ4n) is 3.10. The number of carbonyl (C=O) groups is 1. The Morgan fingerprint density at radius 1 is 1.04 bits per heavy atom. The summed E-state index contributed by atoms with van der Waals surface area (Å²) in [5.74, 6) is 1.05. The van der Waals surface area contributed by atoms with Gasteiger partial charge < -0.3 is 0 Å². The van der Waals surface area contributed by atoms with Crippen molar-refractivity contribution in [3.05, 3.63) is 71.5 Å². The Bertz CT molecular complexity index is 1010. The van der Waals surface area contributed by atoms with Crippen molar-refractivity contribution in [1.82, 2.24) is 19.8 Å². The lowest BCUT2D eigenvalue weighted by Gasteiger charge is -2.12. The second-order valence-corrected chi connectivity index (χ2v) is 7.61. The second kappa shape index (κ2) is 7.98. The Balaban J connectivity index is 1.45. The molecule has 2 aromatic carbocycles. The zero-order valence-corrected chi connectivity index (χ0v) is 16.7. The number of benzene rings is 2. The summed E-state index contributed by atoms with van der Waals surface area (Å²) in [4.78, 5) is 12.6. The SMILES string of the molecule is Cc1ccc(-n2c(C)nnc2SCC(=O)N2CCC(c3ccccc3)=N2)cc1. The molecule has 0 fully saturated rings. The Labute approximate surface area is 168 Å². The number of hydrazone groups is 1. The van der Waals surface area contributed by atoms with Gasteiger partial charge in [-0.1, -0.05) is 59.8 Å². The van der Waals surface area contributed by atoms with Gasteiger partial charge in [-0.25, -0.2) is 5.01 Å². The summed E-state index contributed by atoms with van der Waals surface area (Å²) in [5, 5.41) is 15.2. The number of hydrogen-bond acceptors (Lipinski definition) is 5. The number of amides is 1. The van der Waals surface area contributed by atoms with E-state index in [0.29, 0.717) is 11.7 Å². The van der Waals surface area contributed by atoms with Crippen LogP contribution in [0.1, 0.15) is 23.4 Å². The molecule has 6 nitrogen and oxygen atoms in total. The van der Waals surface area contributed by atoms with Gasteiger partial charge in [0.1, 0.15) is 5.82 Å². The highest BCUT2D eigenvalue weighted by atomic mass is 32.2. The topological polar surface area (TPSA) is 63.4 Å². The van der Waals surface area contributed by atoms with Crippen LogP contribution in [0.3, 0.4) is 0 Å². The molecule has 1 aliphatic heterocycles. The van der Waals surface area contributed by atoms with Crippen LogP contribution in [0.15, 0.2) is 64.9 Å². The van der Waals surface area contributed by atoms with Gasteiger partial charge in [0.25, 0.3) is 5.91 Å². The van der Waals surface area contributed by atoms with Gasteiger partial charge in [0.15, 0.2) is 5.16 Å². The van der Waals surface area contributed by atoms with E-state index in [9.17, 15) is 4.79 Å². The quantitative estimate of drug-likeness (QED) is 0.623. The monoisotopic (exact) mass is 391 g/mol. The normalized spacial score (nSPS) is 13.6. The minimum Gasteiger partial charge on any atom is -0.274 e. The molecule has 2 heterocycles. The molecule has 4 rings (SSSR count). The first kappa shape index (κ1) is 18.4.